The normalized spacial score (nSPS) is 19.8. The minimum atomic E-state index is -3.49. The van der Waals surface area contributed by atoms with Crippen LogP contribution in [0.5, 0.6) is 0 Å². The Morgan fingerprint density at radius 3 is 2.59 bits per heavy atom. The Labute approximate surface area is 171 Å². The predicted molar refractivity (Wildman–Crippen MR) is 106 cm³/mol. The first-order chi connectivity index (χ1) is 13.8. The number of nitrogens with zero attached hydrogens (tertiary/aromatic N) is 3. The SMILES string of the molecule is COC[C@@H]1CN(C(=O)CCS(=O)(=O)c2ccccc2)C[C@H]1c1nnc(C(C)C)o1. The Morgan fingerprint density at radius 2 is 1.97 bits per heavy atom. The Hall–Kier alpha value is -2.26. The van der Waals surface area contributed by atoms with Gasteiger partial charge < -0.3 is 14.1 Å². The molecule has 1 saturated heterocycles. The number of benzene rings is 1. The van der Waals surface area contributed by atoms with Crippen molar-refractivity contribution in [1.29, 1.82) is 0 Å². The van der Waals surface area contributed by atoms with E-state index in [-0.39, 0.29) is 40.7 Å². The smallest absolute Gasteiger partial charge is 0.223 e. The second kappa shape index (κ2) is 9.04. The molecule has 1 aromatic heterocycles. The van der Waals surface area contributed by atoms with Crippen molar-refractivity contribution < 1.29 is 22.4 Å². The molecule has 1 fully saturated rings. The number of sulfone groups is 1. The van der Waals surface area contributed by atoms with Gasteiger partial charge in [-0.3, -0.25) is 4.79 Å². The number of aromatic nitrogens is 2. The Morgan fingerprint density at radius 1 is 1.24 bits per heavy atom. The monoisotopic (exact) mass is 421 g/mol. The van der Waals surface area contributed by atoms with E-state index >= 15 is 0 Å². The van der Waals surface area contributed by atoms with Crippen LogP contribution in [-0.4, -0.2) is 62.0 Å². The number of ether oxygens (including phenoxy) is 1. The first-order valence-electron chi connectivity index (χ1n) is 9.69. The van der Waals surface area contributed by atoms with Crippen LogP contribution in [-0.2, 0) is 19.4 Å². The second-order valence-corrected chi connectivity index (χ2v) is 9.74. The zero-order chi connectivity index (χ0) is 21.0. The van der Waals surface area contributed by atoms with E-state index in [1.165, 1.54) is 0 Å². The van der Waals surface area contributed by atoms with Gasteiger partial charge in [-0.1, -0.05) is 32.0 Å². The minimum absolute atomic E-state index is 0.0233. The van der Waals surface area contributed by atoms with Crippen LogP contribution in [0.25, 0.3) is 0 Å². The molecule has 3 rings (SSSR count). The molecule has 0 unspecified atom stereocenters. The van der Waals surface area contributed by atoms with E-state index in [0.29, 0.717) is 31.5 Å². The molecule has 0 spiro atoms. The molecule has 1 aromatic carbocycles. The topological polar surface area (TPSA) is 103 Å². The van der Waals surface area contributed by atoms with Gasteiger partial charge in [0.1, 0.15) is 0 Å². The first kappa shape index (κ1) is 21.4. The lowest BCUT2D eigenvalue weighted by Crippen LogP contribution is -2.30. The highest BCUT2D eigenvalue weighted by Crippen LogP contribution is 2.33. The van der Waals surface area contributed by atoms with Crippen LogP contribution in [0, 0.1) is 5.92 Å². The first-order valence-corrected chi connectivity index (χ1v) is 11.3. The number of carbonyl (C=O) groups excluding carboxylic acids is 1. The molecule has 1 aliphatic rings. The molecule has 8 nitrogen and oxygen atoms in total. The lowest BCUT2D eigenvalue weighted by molar-refractivity contribution is -0.129. The molecule has 2 atom stereocenters. The molecule has 0 radical (unpaired) electrons. The molecular formula is C20H27N3O5S. The summed E-state index contributed by atoms with van der Waals surface area (Å²) in [4.78, 5) is 14.6. The average Bonchev–Trinajstić information content (AvgIpc) is 3.34. The van der Waals surface area contributed by atoms with Gasteiger partial charge in [0.25, 0.3) is 0 Å². The Bertz CT molecular complexity index is 927. The quantitative estimate of drug-likeness (QED) is 0.644. The van der Waals surface area contributed by atoms with Gasteiger partial charge >= 0.3 is 0 Å². The van der Waals surface area contributed by atoms with Crippen molar-refractivity contribution >= 4 is 15.7 Å². The van der Waals surface area contributed by atoms with Crippen LogP contribution in [0.3, 0.4) is 0 Å². The highest BCUT2D eigenvalue weighted by Gasteiger charge is 2.39. The molecule has 2 aromatic rings. The molecule has 0 N–H and O–H groups in total. The minimum Gasteiger partial charge on any atom is -0.425 e. The van der Waals surface area contributed by atoms with Crippen molar-refractivity contribution in [3.05, 3.63) is 42.1 Å². The van der Waals surface area contributed by atoms with Crippen molar-refractivity contribution in [2.24, 2.45) is 5.92 Å². The molecule has 1 aliphatic heterocycles. The van der Waals surface area contributed by atoms with Gasteiger partial charge in [0.15, 0.2) is 9.84 Å². The van der Waals surface area contributed by atoms with Gasteiger partial charge in [-0.25, -0.2) is 8.42 Å². The summed E-state index contributed by atoms with van der Waals surface area (Å²) in [6.07, 6.45) is -0.0648. The zero-order valence-electron chi connectivity index (χ0n) is 16.9. The van der Waals surface area contributed by atoms with Crippen molar-refractivity contribution in [2.45, 2.75) is 37.0 Å². The highest BCUT2D eigenvalue weighted by molar-refractivity contribution is 7.91. The summed E-state index contributed by atoms with van der Waals surface area (Å²) in [5, 5.41) is 8.25. The number of amides is 1. The lowest BCUT2D eigenvalue weighted by Gasteiger charge is -2.16. The van der Waals surface area contributed by atoms with Gasteiger partial charge in [-0.15, -0.1) is 10.2 Å². The van der Waals surface area contributed by atoms with Crippen molar-refractivity contribution in [3.8, 4) is 0 Å². The maximum absolute atomic E-state index is 12.7. The van der Waals surface area contributed by atoms with Gasteiger partial charge in [0.2, 0.25) is 17.7 Å². The predicted octanol–water partition coefficient (Wildman–Crippen LogP) is 2.25. The maximum atomic E-state index is 12.7. The largest absolute Gasteiger partial charge is 0.425 e. The number of carbonyl (C=O) groups is 1. The third-order valence-electron chi connectivity index (χ3n) is 5.13. The molecular weight excluding hydrogens is 394 g/mol. The molecule has 0 bridgehead atoms. The fraction of sp³-hybridized carbons (Fsp3) is 0.550. The van der Waals surface area contributed by atoms with Crippen LogP contribution >= 0.6 is 0 Å². The van der Waals surface area contributed by atoms with Crippen molar-refractivity contribution in [3.63, 3.8) is 0 Å². The molecule has 0 saturated carbocycles. The molecule has 9 heteroatoms. The van der Waals surface area contributed by atoms with E-state index in [1.54, 1.807) is 42.3 Å². The van der Waals surface area contributed by atoms with Gasteiger partial charge in [-0.05, 0) is 12.1 Å². The summed E-state index contributed by atoms with van der Waals surface area (Å²) in [5.74, 6) is 0.679. The lowest BCUT2D eigenvalue weighted by atomic mass is 9.97. The molecule has 0 aliphatic carbocycles. The number of hydrogen-bond donors (Lipinski definition) is 0. The van der Waals surface area contributed by atoms with Crippen LogP contribution in [0.1, 0.15) is 43.9 Å². The van der Waals surface area contributed by atoms with Gasteiger partial charge in [-0.2, -0.15) is 0 Å². The zero-order valence-corrected chi connectivity index (χ0v) is 17.8. The number of rotatable bonds is 8. The summed E-state index contributed by atoms with van der Waals surface area (Å²) < 4.78 is 36.0. The maximum Gasteiger partial charge on any atom is 0.223 e. The third kappa shape index (κ3) is 5.02. The molecule has 2 heterocycles. The molecule has 29 heavy (non-hydrogen) atoms. The molecule has 1 amide bonds. The number of likely N-dealkylation sites (tertiary alicyclic amines) is 1. The van der Waals surface area contributed by atoms with Crippen LogP contribution < -0.4 is 0 Å². The van der Waals surface area contributed by atoms with E-state index in [9.17, 15) is 13.2 Å². The standard InChI is InChI=1S/C20H27N3O5S/c1-14(2)19-21-22-20(28-19)17-12-23(11-15(17)13-27-3)18(24)9-10-29(25,26)16-7-5-4-6-8-16/h4-8,14-15,17H,9-13H2,1-3H3/t15-,17+/m0/s1. The van der Waals surface area contributed by atoms with Crippen LogP contribution in [0.4, 0.5) is 0 Å². The Kier molecular flexibility index (Phi) is 6.69. The van der Waals surface area contributed by atoms with Crippen molar-refractivity contribution in [2.75, 3.05) is 32.6 Å². The number of hydrogen-bond acceptors (Lipinski definition) is 7. The van der Waals surface area contributed by atoms with E-state index < -0.39 is 9.84 Å². The Balaban J connectivity index is 1.66. The third-order valence-corrected chi connectivity index (χ3v) is 6.86. The average molecular weight is 422 g/mol. The van der Waals surface area contributed by atoms with Crippen molar-refractivity contribution in [1.82, 2.24) is 15.1 Å². The summed E-state index contributed by atoms with van der Waals surface area (Å²) >= 11 is 0. The summed E-state index contributed by atoms with van der Waals surface area (Å²) in [5.41, 5.74) is 0. The summed E-state index contributed by atoms with van der Waals surface area (Å²) in [6.45, 7) is 5.29. The highest BCUT2D eigenvalue weighted by atomic mass is 32.2. The fourth-order valence-electron chi connectivity index (χ4n) is 3.49. The molecule has 158 valence electrons. The van der Waals surface area contributed by atoms with E-state index in [1.807, 2.05) is 13.8 Å². The van der Waals surface area contributed by atoms with Gasteiger partial charge in [0.05, 0.1) is 23.2 Å². The summed E-state index contributed by atoms with van der Waals surface area (Å²) in [7, 11) is -1.88. The van der Waals surface area contributed by atoms with Gasteiger partial charge in [0, 0.05) is 38.5 Å². The number of methoxy groups -OCH3 is 1. The summed E-state index contributed by atoms with van der Waals surface area (Å²) in [6, 6.07) is 8.19. The van der Waals surface area contributed by atoms with E-state index in [0.717, 1.165) is 0 Å². The van der Waals surface area contributed by atoms with Crippen LogP contribution in [0.15, 0.2) is 39.6 Å². The second-order valence-electron chi connectivity index (χ2n) is 7.64. The van der Waals surface area contributed by atoms with Crippen LogP contribution in [0.2, 0.25) is 0 Å². The van der Waals surface area contributed by atoms with E-state index in [2.05, 4.69) is 10.2 Å². The fourth-order valence-corrected chi connectivity index (χ4v) is 4.74. The van der Waals surface area contributed by atoms with E-state index in [4.69, 9.17) is 9.15 Å².